The molecule has 0 spiro atoms. The number of likely N-dealkylation sites (N-methyl/N-ethyl adjacent to an activating group) is 1. The Hall–Kier alpha value is -0.210. The highest BCUT2D eigenvalue weighted by atomic mass is 32.2. The molecule has 6 nitrogen and oxygen atoms in total. The smallest absolute Gasteiger partial charge is 0.281 e. The molecule has 2 aliphatic heterocycles. The molecule has 1 atom stereocenters. The van der Waals surface area contributed by atoms with Crippen LogP contribution in [-0.2, 0) is 14.9 Å². The Labute approximate surface area is 121 Å². The molecule has 20 heavy (non-hydrogen) atoms. The average molecular weight is 306 g/mol. The van der Waals surface area contributed by atoms with Crippen molar-refractivity contribution in [2.24, 2.45) is 5.92 Å². The first-order chi connectivity index (χ1) is 9.33. The maximum atomic E-state index is 12.6. The van der Waals surface area contributed by atoms with Crippen LogP contribution in [-0.4, -0.2) is 67.6 Å². The van der Waals surface area contributed by atoms with E-state index in [0.29, 0.717) is 45.1 Å². The predicted molar refractivity (Wildman–Crippen MR) is 76.5 cm³/mol. The van der Waals surface area contributed by atoms with Gasteiger partial charge in [0.05, 0.1) is 5.60 Å². The van der Waals surface area contributed by atoms with Crippen LogP contribution in [0.15, 0.2) is 0 Å². The summed E-state index contributed by atoms with van der Waals surface area (Å²) < 4.78 is 33.2. The number of piperidine rings is 1. The molecule has 1 unspecified atom stereocenters. The van der Waals surface area contributed by atoms with Crippen LogP contribution in [0.4, 0.5) is 0 Å². The van der Waals surface area contributed by atoms with Gasteiger partial charge in [0.25, 0.3) is 10.2 Å². The Morgan fingerprint density at radius 3 is 2.65 bits per heavy atom. The standard InChI is InChI=1S/C13H26N2O4S/c1-12-4-3-7-15(10-12)20(17,18)14(2)11-13(16)5-8-19-9-6-13/h12,16H,3-11H2,1-2H3. The van der Waals surface area contributed by atoms with Gasteiger partial charge in [-0.2, -0.15) is 17.0 Å². The van der Waals surface area contributed by atoms with E-state index >= 15 is 0 Å². The monoisotopic (exact) mass is 306 g/mol. The minimum Gasteiger partial charge on any atom is -0.388 e. The zero-order chi connectivity index (χ0) is 14.8. The van der Waals surface area contributed by atoms with Crippen molar-refractivity contribution in [2.45, 2.75) is 38.2 Å². The van der Waals surface area contributed by atoms with Crippen LogP contribution < -0.4 is 0 Å². The molecule has 7 heteroatoms. The van der Waals surface area contributed by atoms with Crippen molar-refractivity contribution in [2.75, 3.05) is 39.9 Å². The fourth-order valence-electron chi connectivity index (χ4n) is 2.96. The molecule has 2 rings (SSSR count). The van der Waals surface area contributed by atoms with Gasteiger partial charge >= 0.3 is 0 Å². The van der Waals surface area contributed by atoms with Gasteiger partial charge in [-0.1, -0.05) is 6.92 Å². The number of rotatable bonds is 4. The third-order valence-corrected chi connectivity index (χ3v) is 6.18. The van der Waals surface area contributed by atoms with E-state index < -0.39 is 15.8 Å². The summed E-state index contributed by atoms with van der Waals surface area (Å²) in [6, 6.07) is 0. The molecular weight excluding hydrogens is 280 g/mol. The lowest BCUT2D eigenvalue weighted by molar-refractivity contribution is -0.0694. The molecule has 0 radical (unpaired) electrons. The second-order valence-electron chi connectivity index (χ2n) is 6.21. The number of hydrogen-bond acceptors (Lipinski definition) is 4. The highest BCUT2D eigenvalue weighted by molar-refractivity contribution is 7.86. The van der Waals surface area contributed by atoms with Gasteiger partial charge in [-0.25, -0.2) is 0 Å². The summed E-state index contributed by atoms with van der Waals surface area (Å²) in [5.74, 6) is 0.401. The summed E-state index contributed by atoms with van der Waals surface area (Å²) in [7, 11) is -1.91. The van der Waals surface area contributed by atoms with Gasteiger partial charge in [-0.3, -0.25) is 0 Å². The van der Waals surface area contributed by atoms with Crippen molar-refractivity contribution in [3.05, 3.63) is 0 Å². The predicted octanol–water partition coefficient (Wildman–Crippen LogP) is 0.436. The van der Waals surface area contributed by atoms with E-state index in [0.717, 1.165) is 12.8 Å². The van der Waals surface area contributed by atoms with Gasteiger partial charge in [0, 0.05) is 52.7 Å². The Kier molecular flexibility index (Phi) is 5.07. The van der Waals surface area contributed by atoms with E-state index in [4.69, 9.17) is 4.74 Å². The van der Waals surface area contributed by atoms with Gasteiger partial charge in [-0.15, -0.1) is 0 Å². The molecule has 0 amide bonds. The highest BCUT2D eigenvalue weighted by Gasteiger charge is 2.37. The highest BCUT2D eigenvalue weighted by Crippen LogP contribution is 2.25. The second-order valence-corrected chi connectivity index (χ2v) is 8.24. The van der Waals surface area contributed by atoms with Crippen LogP contribution >= 0.6 is 0 Å². The molecule has 0 aliphatic carbocycles. The van der Waals surface area contributed by atoms with E-state index in [1.807, 2.05) is 0 Å². The molecule has 2 fully saturated rings. The Bertz CT molecular complexity index is 420. The summed E-state index contributed by atoms with van der Waals surface area (Å²) in [6.45, 7) is 4.36. The van der Waals surface area contributed by atoms with Crippen molar-refractivity contribution in [1.82, 2.24) is 8.61 Å². The molecule has 0 bridgehead atoms. The van der Waals surface area contributed by atoms with Gasteiger partial charge < -0.3 is 9.84 Å². The SMILES string of the molecule is CC1CCCN(S(=O)(=O)N(C)CC2(O)CCOCC2)C1. The van der Waals surface area contributed by atoms with Crippen molar-refractivity contribution >= 4 is 10.2 Å². The van der Waals surface area contributed by atoms with Crippen molar-refractivity contribution in [3.8, 4) is 0 Å². The van der Waals surface area contributed by atoms with Crippen LogP contribution in [0.2, 0.25) is 0 Å². The van der Waals surface area contributed by atoms with Gasteiger partial charge in [0.2, 0.25) is 0 Å². The zero-order valence-corrected chi connectivity index (χ0v) is 13.2. The van der Waals surface area contributed by atoms with E-state index in [-0.39, 0.29) is 6.54 Å². The minimum absolute atomic E-state index is 0.142. The quantitative estimate of drug-likeness (QED) is 0.818. The number of ether oxygens (including phenoxy) is 1. The summed E-state index contributed by atoms with van der Waals surface area (Å²) in [5.41, 5.74) is -0.957. The third-order valence-electron chi connectivity index (χ3n) is 4.28. The summed E-state index contributed by atoms with van der Waals surface area (Å²) in [4.78, 5) is 0. The van der Waals surface area contributed by atoms with Crippen LogP contribution in [0.3, 0.4) is 0 Å². The number of hydrogen-bond donors (Lipinski definition) is 1. The lowest BCUT2D eigenvalue weighted by Gasteiger charge is -2.38. The van der Waals surface area contributed by atoms with E-state index in [2.05, 4.69) is 6.92 Å². The van der Waals surface area contributed by atoms with Crippen molar-refractivity contribution < 1.29 is 18.3 Å². The minimum atomic E-state index is -3.47. The van der Waals surface area contributed by atoms with Gasteiger partial charge in [0.15, 0.2) is 0 Å². The summed E-state index contributed by atoms with van der Waals surface area (Å²) >= 11 is 0. The molecule has 1 N–H and O–H groups in total. The Balaban J connectivity index is 2.01. The zero-order valence-electron chi connectivity index (χ0n) is 12.4. The van der Waals surface area contributed by atoms with Crippen LogP contribution in [0.25, 0.3) is 0 Å². The molecule has 2 heterocycles. The lowest BCUT2D eigenvalue weighted by atomic mass is 9.95. The molecule has 0 saturated carbocycles. The van der Waals surface area contributed by atoms with Crippen LogP contribution in [0.1, 0.15) is 32.6 Å². The second kappa shape index (κ2) is 6.27. The normalized spacial score (nSPS) is 28.7. The average Bonchev–Trinajstić information content (AvgIpc) is 2.39. The molecule has 2 aliphatic rings. The Morgan fingerprint density at radius 2 is 2.05 bits per heavy atom. The van der Waals surface area contributed by atoms with E-state index in [1.54, 1.807) is 11.4 Å². The molecule has 0 aromatic carbocycles. The molecular formula is C13H26N2O4S. The maximum absolute atomic E-state index is 12.6. The van der Waals surface area contributed by atoms with Crippen LogP contribution in [0.5, 0.6) is 0 Å². The van der Waals surface area contributed by atoms with Crippen LogP contribution in [0, 0.1) is 5.92 Å². The first-order valence-electron chi connectivity index (χ1n) is 7.35. The number of nitrogens with zero attached hydrogens (tertiary/aromatic N) is 2. The van der Waals surface area contributed by atoms with Gasteiger partial charge in [-0.05, 0) is 18.8 Å². The first kappa shape index (κ1) is 16.2. The topological polar surface area (TPSA) is 70.1 Å². The largest absolute Gasteiger partial charge is 0.388 e. The number of aliphatic hydroxyl groups is 1. The fraction of sp³-hybridized carbons (Fsp3) is 1.00. The van der Waals surface area contributed by atoms with Gasteiger partial charge in [0.1, 0.15) is 0 Å². The van der Waals surface area contributed by atoms with Crippen molar-refractivity contribution in [1.29, 1.82) is 0 Å². The Morgan fingerprint density at radius 1 is 1.40 bits per heavy atom. The molecule has 0 aromatic rings. The molecule has 0 aromatic heterocycles. The van der Waals surface area contributed by atoms with E-state index in [9.17, 15) is 13.5 Å². The maximum Gasteiger partial charge on any atom is 0.281 e. The van der Waals surface area contributed by atoms with E-state index in [1.165, 1.54) is 4.31 Å². The summed E-state index contributed by atoms with van der Waals surface area (Å²) in [6.07, 6.45) is 2.97. The fourth-order valence-corrected chi connectivity index (χ4v) is 4.56. The summed E-state index contributed by atoms with van der Waals surface area (Å²) in [5, 5.41) is 10.5. The molecule has 118 valence electrons. The third kappa shape index (κ3) is 3.71. The first-order valence-corrected chi connectivity index (χ1v) is 8.75. The van der Waals surface area contributed by atoms with Crippen molar-refractivity contribution in [3.63, 3.8) is 0 Å². The molecule has 2 saturated heterocycles. The lowest BCUT2D eigenvalue weighted by Crippen LogP contribution is -2.52.